The van der Waals surface area contributed by atoms with Gasteiger partial charge in [0.15, 0.2) is 0 Å². The molecule has 1 saturated carbocycles. The van der Waals surface area contributed by atoms with Crippen molar-refractivity contribution in [1.29, 1.82) is 0 Å². The van der Waals surface area contributed by atoms with E-state index in [1.54, 1.807) is 0 Å². The van der Waals surface area contributed by atoms with Gasteiger partial charge in [0.1, 0.15) is 5.82 Å². The van der Waals surface area contributed by atoms with Crippen LogP contribution in [0.1, 0.15) is 46.2 Å². The van der Waals surface area contributed by atoms with Crippen molar-refractivity contribution in [2.75, 3.05) is 5.73 Å². The van der Waals surface area contributed by atoms with Crippen molar-refractivity contribution in [2.24, 2.45) is 11.3 Å². The molecule has 3 N–H and O–H groups in total. The van der Waals surface area contributed by atoms with Gasteiger partial charge in [0, 0.05) is 17.2 Å². The van der Waals surface area contributed by atoms with Gasteiger partial charge in [-0.05, 0) is 24.2 Å². The Balaban J connectivity index is 2.43. The number of nitrogen functional groups attached to an aromatic ring is 1. The molecule has 2 rings (SSSR count). The first-order chi connectivity index (χ1) is 6.88. The number of aromatic nitrogens is 2. The van der Waals surface area contributed by atoms with Crippen LogP contribution >= 0.6 is 0 Å². The average Bonchev–Trinajstić information content (AvgIpc) is 2.66. The van der Waals surface area contributed by atoms with Crippen molar-refractivity contribution in [3.63, 3.8) is 0 Å². The predicted molar refractivity (Wildman–Crippen MR) is 62.5 cm³/mol. The fourth-order valence-electron chi connectivity index (χ4n) is 2.83. The van der Waals surface area contributed by atoms with Crippen molar-refractivity contribution < 1.29 is 0 Å². The first kappa shape index (κ1) is 10.5. The molecule has 1 aromatic heterocycles. The summed E-state index contributed by atoms with van der Waals surface area (Å²) in [6.07, 6.45) is 2.49. The maximum absolute atomic E-state index is 5.69. The minimum absolute atomic E-state index is 0.178. The molecule has 1 aromatic rings. The van der Waals surface area contributed by atoms with Gasteiger partial charge in [-0.25, -0.2) is 0 Å². The zero-order chi connectivity index (χ0) is 11.3. The minimum atomic E-state index is 0.178. The molecule has 1 aliphatic carbocycles. The fraction of sp³-hybridized carbons (Fsp3) is 0.750. The maximum Gasteiger partial charge on any atom is 0.145 e. The number of hydrogen-bond donors (Lipinski definition) is 2. The quantitative estimate of drug-likeness (QED) is 0.744. The van der Waals surface area contributed by atoms with Crippen LogP contribution in [-0.2, 0) is 5.41 Å². The van der Waals surface area contributed by atoms with Gasteiger partial charge in [0.25, 0.3) is 0 Å². The zero-order valence-corrected chi connectivity index (χ0v) is 10.1. The largest absolute Gasteiger partial charge is 0.382 e. The Bertz CT molecular complexity index is 367. The lowest BCUT2D eigenvalue weighted by molar-refractivity contribution is 0.167. The maximum atomic E-state index is 5.69. The Morgan fingerprint density at radius 3 is 2.53 bits per heavy atom. The highest BCUT2D eigenvalue weighted by atomic mass is 15.2. The topological polar surface area (TPSA) is 54.7 Å². The van der Waals surface area contributed by atoms with Crippen LogP contribution < -0.4 is 5.73 Å². The molecule has 15 heavy (non-hydrogen) atoms. The Labute approximate surface area is 91.4 Å². The summed E-state index contributed by atoms with van der Waals surface area (Å²) in [6, 6.07) is 1.99. The number of nitrogens with zero attached hydrogens (tertiary/aromatic N) is 1. The normalized spacial score (nSPS) is 34.5. The van der Waals surface area contributed by atoms with E-state index >= 15 is 0 Å². The number of rotatable bonds is 1. The molecule has 1 aliphatic rings. The highest BCUT2D eigenvalue weighted by Gasteiger charge is 2.51. The summed E-state index contributed by atoms with van der Waals surface area (Å²) >= 11 is 0. The van der Waals surface area contributed by atoms with E-state index in [0.29, 0.717) is 11.2 Å². The summed E-state index contributed by atoms with van der Waals surface area (Å²) in [5.41, 5.74) is 7.35. The molecule has 2 unspecified atom stereocenters. The van der Waals surface area contributed by atoms with Crippen LogP contribution in [0.15, 0.2) is 6.07 Å². The number of nitrogens with one attached hydrogen (secondary N) is 1. The number of H-pyrrole nitrogens is 1. The first-order valence-corrected chi connectivity index (χ1v) is 5.69. The van der Waals surface area contributed by atoms with Gasteiger partial charge >= 0.3 is 0 Å². The molecule has 0 saturated heterocycles. The van der Waals surface area contributed by atoms with Crippen molar-refractivity contribution >= 4 is 5.82 Å². The van der Waals surface area contributed by atoms with Crippen LogP contribution in [0.4, 0.5) is 5.82 Å². The minimum Gasteiger partial charge on any atom is -0.382 e. The Hall–Kier alpha value is -0.990. The van der Waals surface area contributed by atoms with Crippen molar-refractivity contribution in [1.82, 2.24) is 10.2 Å². The second kappa shape index (κ2) is 3.00. The van der Waals surface area contributed by atoms with Crippen LogP contribution in [0.5, 0.6) is 0 Å². The van der Waals surface area contributed by atoms with Gasteiger partial charge in [-0.1, -0.05) is 27.7 Å². The third kappa shape index (κ3) is 1.29. The summed E-state index contributed by atoms with van der Waals surface area (Å²) in [7, 11) is 0. The molecule has 0 amide bonds. The second-order valence-electron chi connectivity index (χ2n) is 5.70. The third-order valence-corrected chi connectivity index (χ3v) is 4.92. The molecule has 3 heteroatoms. The Morgan fingerprint density at radius 1 is 1.47 bits per heavy atom. The van der Waals surface area contributed by atoms with Crippen LogP contribution in [0.2, 0.25) is 0 Å². The van der Waals surface area contributed by atoms with E-state index in [9.17, 15) is 0 Å². The van der Waals surface area contributed by atoms with Crippen LogP contribution in [-0.4, -0.2) is 10.2 Å². The molecule has 2 atom stereocenters. The molecule has 84 valence electrons. The van der Waals surface area contributed by atoms with Crippen LogP contribution in [0.25, 0.3) is 0 Å². The second-order valence-corrected chi connectivity index (χ2v) is 5.70. The molecule has 1 heterocycles. The molecule has 0 bridgehead atoms. The van der Waals surface area contributed by atoms with Crippen molar-refractivity contribution in [3.05, 3.63) is 11.8 Å². The predicted octanol–water partition coefficient (Wildman–Crippen LogP) is 2.71. The number of anilines is 1. The SMILES string of the molecule is CC1CCC(C)(c2cc(N)n[nH]2)C1(C)C. The van der Waals surface area contributed by atoms with E-state index < -0.39 is 0 Å². The lowest BCUT2D eigenvalue weighted by Crippen LogP contribution is -2.37. The Morgan fingerprint density at radius 2 is 2.13 bits per heavy atom. The number of aromatic amines is 1. The fourth-order valence-corrected chi connectivity index (χ4v) is 2.83. The first-order valence-electron chi connectivity index (χ1n) is 5.69. The average molecular weight is 207 g/mol. The molecule has 0 radical (unpaired) electrons. The lowest BCUT2D eigenvalue weighted by atomic mass is 9.64. The van der Waals surface area contributed by atoms with Crippen molar-refractivity contribution in [3.8, 4) is 0 Å². The molecular formula is C12H21N3. The summed E-state index contributed by atoms with van der Waals surface area (Å²) in [4.78, 5) is 0. The van der Waals surface area contributed by atoms with E-state index in [1.807, 2.05) is 6.07 Å². The highest BCUT2D eigenvalue weighted by Crippen LogP contribution is 2.56. The van der Waals surface area contributed by atoms with Gasteiger partial charge in [-0.15, -0.1) is 0 Å². The molecule has 0 aromatic carbocycles. The zero-order valence-electron chi connectivity index (χ0n) is 10.1. The van der Waals surface area contributed by atoms with Gasteiger partial charge < -0.3 is 5.73 Å². The smallest absolute Gasteiger partial charge is 0.145 e. The Kier molecular flexibility index (Phi) is 2.11. The van der Waals surface area contributed by atoms with E-state index in [4.69, 9.17) is 5.73 Å². The molecule has 0 aliphatic heterocycles. The van der Waals surface area contributed by atoms with Gasteiger partial charge in [0.2, 0.25) is 0 Å². The van der Waals surface area contributed by atoms with E-state index in [1.165, 1.54) is 18.5 Å². The van der Waals surface area contributed by atoms with Gasteiger partial charge in [-0.3, -0.25) is 5.10 Å². The number of nitrogens with two attached hydrogens (primary N) is 1. The highest BCUT2D eigenvalue weighted by molar-refractivity contribution is 5.34. The molecule has 0 spiro atoms. The third-order valence-electron chi connectivity index (χ3n) is 4.92. The lowest BCUT2D eigenvalue weighted by Gasteiger charge is -2.40. The summed E-state index contributed by atoms with van der Waals surface area (Å²) < 4.78 is 0. The number of hydrogen-bond acceptors (Lipinski definition) is 2. The summed E-state index contributed by atoms with van der Waals surface area (Å²) in [5.74, 6) is 1.34. The monoisotopic (exact) mass is 207 g/mol. The van der Waals surface area contributed by atoms with E-state index in [2.05, 4.69) is 37.9 Å². The summed E-state index contributed by atoms with van der Waals surface area (Å²) in [5, 5.41) is 7.14. The van der Waals surface area contributed by atoms with Gasteiger partial charge in [0.05, 0.1) is 0 Å². The molecule has 1 fully saturated rings. The summed E-state index contributed by atoms with van der Waals surface area (Å²) in [6.45, 7) is 9.36. The van der Waals surface area contributed by atoms with E-state index in [-0.39, 0.29) is 5.41 Å². The van der Waals surface area contributed by atoms with Crippen molar-refractivity contribution in [2.45, 2.75) is 46.0 Å². The van der Waals surface area contributed by atoms with E-state index in [0.717, 1.165) is 5.92 Å². The molecular weight excluding hydrogens is 186 g/mol. The standard InChI is InChI=1S/C12H21N3/c1-8-5-6-12(4,11(8,2)3)9-7-10(13)15-14-9/h7-8H,5-6H2,1-4H3,(H3,13,14,15). The van der Waals surface area contributed by atoms with Gasteiger partial charge in [-0.2, -0.15) is 5.10 Å². The van der Waals surface area contributed by atoms with Crippen LogP contribution in [0, 0.1) is 11.3 Å². The van der Waals surface area contributed by atoms with Crippen LogP contribution in [0.3, 0.4) is 0 Å². The molecule has 3 nitrogen and oxygen atoms in total.